The van der Waals surface area contributed by atoms with Crippen molar-refractivity contribution in [1.82, 2.24) is 4.90 Å². The van der Waals surface area contributed by atoms with Crippen LogP contribution >= 0.6 is 7.60 Å². The summed E-state index contributed by atoms with van der Waals surface area (Å²) in [5, 5.41) is 9.93. The molecule has 9 heteroatoms. The molecule has 1 aromatic rings. The van der Waals surface area contributed by atoms with E-state index in [-0.39, 0.29) is 24.6 Å². The highest BCUT2D eigenvalue weighted by atomic mass is 31.2. The van der Waals surface area contributed by atoms with Crippen LogP contribution in [0.3, 0.4) is 0 Å². The fourth-order valence-corrected chi connectivity index (χ4v) is 5.79. The van der Waals surface area contributed by atoms with Crippen LogP contribution in [0.4, 0.5) is 0 Å². The average Bonchev–Trinajstić information content (AvgIpc) is 2.99. The minimum Gasteiger partial charge on any atom is -0.481 e. The highest BCUT2D eigenvalue weighted by Crippen LogP contribution is 2.44. The van der Waals surface area contributed by atoms with Gasteiger partial charge in [-0.2, -0.15) is 0 Å². The summed E-state index contributed by atoms with van der Waals surface area (Å²) in [5.74, 6) is -3.28. The number of benzene rings is 1. The highest BCUT2D eigenvalue weighted by Gasteiger charge is 2.57. The molecule has 2 bridgehead atoms. The van der Waals surface area contributed by atoms with Gasteiger partial charge in [-0.05, 0) is 31.4 Å². The number of Topliss-reactive ketones (excluding diaryl/α,β-unsaturated/α-hetero) is 1. The molecular formula is C24H32NO7P. The van der Waals surface area contributed by atoms with Crippen molar-refractivity contribution >= 4 is 25.1 Å². The number of rotatable bonds is 13. The summed E-state index contributed by atoms with van der Waals surface area (Å²) in [5.41, 5.74) is 0.966. The van der Waals surface area contributed by atoms with Gasteiger partial charge in [0.15, 0.2) is 5.78 Å². The zero-order valence-corrected chi connectivity index (χ0v) is 20.0. The molecule has 180 valence electrons. The van der Waals surface area contributed by atoms with Crippen LogP contribution in [0.5, 0.6) is 0 Å². The zero-order valence-electron chi connectivity index (χ0n) is 19.1. The maximum absolute atomic E-state index is 13.2. The average molecular weight is 477 g/mol. The molecule has 5 atom stereocenters. The largest absolute Gasteiger partial charge is 0.481 e. The fraction of sp³-hybridized carbons (Fsp3) is 0.542. The van der Waals surface area contributed by atoms with Crippen molar-refractivity contribution in [2.45, 2.75) is 51.2 Å². The second-order valence-corrected chi connectivity index (χ2v) is 10.6. The van der Waals surface area contributed by atoms with Gasteiger partial charge >= 0.3 is 13.6 Å². The number of unbranched alkanes of at least 4 members (excludes halogenated alkanes) is 2. The van der Waals surface area contributed by atoms with Crippen LogP contribution in [0.2, 0.25) is 0 Å². The number of hydrogen-bond donors (Lipinski definition) is 1. The minimum atomic E-state index is -3.03. The van der Waals surface area contributed by atoms with Crippen molar-refractivity contribution in [3.8, 4) is 0 Å². The molecule has 1 fully saturated rings. The van der Waals surface area contributed by atoms with Crippen molar-refractivity contribution in [3.05, 3.63) is 48.0 Å². The summed E-state index contributed by atoms with van der Waals surface area (Å²) in [7, 11) is -3.03. The van der Waals surface area contributed by atoms with Crippen LogP contribution in [-0.4, -0.2) is 59.5 Å². The molecule has 3 unspecified atom stereocenters. The summed E-state index contributed by atoms with van der Waals surface area (Å²) < 4.78 is 22.3. The quantitative estimate of drug-likeness (QED) is 0.338. The number of fused-ring (bicyclic) bond motifs is 2. The molecule has 1 N–H and O–H groups in total. The third kappa shape index (κ3) is 6.27. The summed E-state index contributed by atoms with van der Waals surface area (Å²) in [6.07, 6.45) is 5.07. The molecule has 0 amide bonds. The Morgan fingerprint density at radius 3 is 2.48 bits per heavy atom. The summed E-state index contributed by atoms with van der Waals surface area (Å²) in [6, 6.07) is 8.29. The molecule has 1 aromatic carbocycles. The first kappa shape index (κ1) is 25.5. The molecule has 0 spiro atoms. The van der Waals surface area contributed by atoms with E-state index in [0.717, 1.165) is 5.56 Å². The molecule has 0 radical (unpaired) electrons. The van der Waals surface area contributed by atoms with E-state index in [1.54, 1.807) is 13.0 Å². The molecule has 0 aromatic heterocycles. The first-order valence-electron chi connectivity index (χ1n) is 11.4. The van der Waals surface area contributed by atoms with Gasteiger partial charge in [0, 0.05) is 25.7 Å². The Bertz CT molecular complexity index is 932. The van der Waals surface area contributed by atoms with E-state index in [0.29, 0.717) is 32.4 Å². The first-order valence-corrected chi connectivity index (χ1v) is 13.4. The van der Waals surface area contributed by atoms with Crippen molar-refractivity contribution < 1.29 is 33.1 Å². The number of carboxylic acid groups (broad SMARTS) is 1. The van der Waals surface area contributed by atoms with E-state index in [1.807, 2.05) is 35.2 Å². The number of carbonyl (C=O) groups excluding carboxylic acids is 2. The van der Waals surface area contributed by atoms with Gasteiger partial charge < -0.3 is 14.2 Å². The SMILES string of the molecule is CCOP(C)(=O)OCCCCCC(=O)C1C(C(=O)O)[C@H]2C=CC(=O)[C@@H]1N2Cc1ccccc1. The Kier molecular flexibility index (Phi) is 8.76. The predicted molar refractivity (Wildman–Crippen MR) is 123 cm³/mol. The Morgan fingerprint density at radius 2 is 1.82 bits per heavy atom. The van der Waals surface area contributed by atoms with Crippen LogP contribution in [0.15, 0.2) is 42.5 Å². The second kappa shape index (κ2) is 11.3. The molecule has 2 heterocycles. The third-order valence-electron chi connectivity index (χ3n) is 6.21. The molecule has 33 heavy (non-hydrogen) atoms. The van der Waals surface area contributed by atoms with E-state index in [2.05, 4.69) is 0 Å². The fourth-order valence-electron chi connectivity index (χ4n) is 4.79. The lowest BCUT2D eigenvalue weighted by atomic mass is 9.82. The molecule has 2 aliphatic heterocycles. The van der Waals surface area contributed by atoms with Crippen molar-refractivity contribution in [1.29, 1.82) is 0 Å². The van der Waals surface area contributed by atoms with Gasteiger partial charge in [0.1, 0.15) is 5.78 Å². The molecule has 0 saturated carbocycles. The predicted octanol–water partition coefficient (Wildman–Crippen LogP) is 3.70. The van der Waals surface area contributed by atoms with Gasteiger partial charge in [-0.25, -0.2) is 0 Å². The first-order chi connectivity index (χ1) is 15.7. The Morgan fingerprint density at radius 1 is 1.09 bits per heavy atom. The lowest BCUT2D eigenvalue weighted by Crippen LogP contribution is -2.45. The van der Waals surface area contributed by atoms with E-state index in [1.165, 1.54) is 12.7 Å². The van der Waals surface area contributed by atoms with Gasteiger partial charge in [0.2, 0.25) is 0 Å². The zero-order chi connectivity index (χ0) is 24.0. The smallest absolute Gasteiger partial charge is 0.327 e. The Hall–Kier alpha value is -2.12. The maximum atomic E-state index is 13.2. The van der Waals surface area contributed by atoms with Crippen LogP contribution < -0.4 is 0 Å². The normalized spacial score (nSPS) is 26.3. The lowest BCUT2D eigenvalue weighted by molar-refractivity contribution is -0.146. The molecule has 8 nitrogen and oxygen atoms in total. The lowest BCUT2D eigenvalue weighted by Gasteiger charge is -2.31. The topological polar surface area (TPSA) is 110 Å². The molecular weight excluding hydrogens is 445 g/mol. The number of carboxylic acids is 1. The van der Waals surface area contributed by atoms with Crippen LogP contribution in [0, 0.1) is 11.8 Å². The van der Waals surface area contributed by atoms with Crippen LogP contribution in [0.1, 0.15) is 38.2 Å². The van der Waals surface area contributed by atoms with E-state index >= 15 is 0 Å². The number of hydrogen-bond acceptors (Lipinski definition) is 7. The summed E-state index contributed by atoms with van der Waals surface area (Å²) in [4.78, 5) is 39.9. The van der Waals surface area contributed by atoms with E-state index < -0.39 is 37.5 Å². The van der Waals surface area contributed by atoms with Crippen molar-refractivity contribution in [3.63, 3.8) is 0 Å². The molecule has 2 aliphatic rings. The van der Waals surface area contributed by atoms with Gasteiger partial charge in [0.25, 0.3) is 0 Å². The monoisotopic (exact) mass is 477 g/mol. The maximum Gasteiger partial charge on any atom is 0.327 e. The van der Waals surface area contributed by atoms with E-state index in [4.69, 9.17) is 9.05 Å². The van der Waals surface area contributed by atoms with Gasteiger partial charge in [-0.15, -0.1) is 0 Å². The number of nitrogens with zero attached hydrogens (tertiary/aromatic N) is 1. The van der Waals surface area contributed by atoms with Gasteiger partial charge in [0.05, 0.1) is 31.1 Å². The third-order valence-corrected chi connectivity index (χ3v) is 7.59. The summed E-state index contributed by atoms with van der Waals surface area (Å²) >= 11 is 0. The van der Waals surface area contributed by atoms with Gasteiger partial charge in [-0.1, -0.05) is 42.8 Å². The number of ketones is 2. The van der Waals surface area contributed by atoms with Gasteiger partial charge in [-0.3, -0.25) is 23.8 Å². The van der Waals surface area contributed by atoms with Crippen molar-refractivity contribution in [2.24, 2.45) is 11.8 Å². The van der Waals surface area contributed by atoms with Crippen LogP contribution in [-0.2, 0) is 34.5 Å². The minimum absolute atomic E-state index is 0.193. The second-order valence-electron chi connectivity index (χ2n) is 8.54. The highest BCUT2D eigenvalue weighted by molar-refractivity contribution is 7.52. The van der Waals surface area contributed by atoms with E-state index in [9.17, 15) is 24.1 Å². The standard InChI is InChI=1S/C24H32NO7P/c1-3-31-33(2,30)32-15-9-5-8-12-19(26)22-21(24(28)29)18-13-14-20(27)23(22)25(18)16-17-10-6-4-7-11-17/h4,6-7,10-11,13-14,18,21-23H,3,5,8-9,12,15-16H2,1-2H3,(H,28,29)/t18-,21?,22?,23+,33?/m1/s1. The number of aliphatic carboxylic acids is 1. The molecule has 0 aliphatic carbocycles. The number of carbonyl (C=O) groups is 3. The Labute approximate surface area is 194 Å². The Balaban J connectivity index is 1.62. The molecule has 3 rings (SSSR count). The van der Waals surface area contributed by atoms with Crippen molar-refractivity contribution in [2.75, 3.05) is 19.9 Å². The van der Waals surface area contributed by atoms with Crippen LogP contribution in [0.25, 0.3) is 0 Å². The summed E-state index contributed by atoms with van der Waals surface area (Å²) in [6.45, 7) is 4.16. The molecule has 1 saturated heterocycles.